The molecule has 1 saturated heterocycles. The van der Waals surface area contributed by atoms with Gasteiger partial charge in [-0.25, -0.2) is 14.6 Å². The van der Waals surface area contributed by atoms with Crippen LogP contribution in [0.4, 0.5) is 23.7 Å². The number of nitrogens with one attached hydrogen (secondary N) is 1. The second kappa shape index (κ2) is 8.30. The molecule has 8 nitrogen and oxygen atoms in total. The van der Waals surface area contributed by atoms with Crippen molar-refractivity contribution >= 4 is 17.7 Å². The van der Waals surface area contributed by atoms with Gasteiger partial charge in [0.1, 0.15) is 11.9 Å². The van der Waals surface area contributed by atoms with E-state index in [1.165, 1.54) is 17.3 Å². The summed E-state index contributed by atoms with van der Waals surface area (Å²) in [5.41, 5.74) is -0.765. The van der Waals surface area contributed by atoms with Gasteiger partial charge in [-0.2, -0.15) is 13.2 Å². The van der Waals surface area contributed by atoms with Crippen LogP contribution in [-0.4, -0.2) is 57.2 Å². The predicted octanol–water partition coefficient (Wildman–Crippen LogP) is 3.97. The van der Waals surface area contributed by atoms with Crippen LogP contribution in [0.25, 0.3) is 5.69 Å². The lowest BCUT2D eigenvalue weighted by atomic mass is 10.1. The summed E-state index contributed by atoms with van der Waals surface area (Å²) in [6.07, 6.45) is -3.20. The Morgan fingerprint density at radius 3 is 2.32 bits per heavy atom. The van der Waals surface area contributed by atoms with Crippen molar-refractivity contribution in [1.82, 2.24) is 19.8 Å². The Morgan fingerprint density at radius 1 is 1.09 bits per heavy atom. The van der Waals surface area contributed by atoms with Crippen molar-refractivity contribution in [2.45, 2.75) is 65.0 Å². The fraction of sp³-hybridized carbons (Fsp3) is 0.522. The lowest BCUT2D eigenvalue weighted by molar-refractivity contribution is -0.137. The number of nitrogens with zero attached hydrogens (tertiary/aromatic N) is 4. The van der Waals surface area contributed by atoms with Crippen LogP contribution in [-0.2, 0) is 17.5 Å². The Balaban J connectivity index is 1.79. The van der Waals surface area contributed by atoms with Gasteiger partial charge < -0.3 is 15.0 Å². The molecule has 2 aromatic rings. The molecule has 0 unspecified atom stereocenters. The summed E-state index contributed by atoms with van der Waals surface area (Å²) in [4.78, 5) is 33.5. The molecule has 1 fully saturated rings. The van der Waals surface area contributed by atoms with Crippen LogP contribution >= 0.6 is 0 Å². The highest BCUT2D eigenvalue weighted by Gasteiger charge is 2.38. The van der Waals surface area contributed by atoms with E-state index in [1.54, 1.807) is 30.2 Å². The van der Waals surface area contributed by atoms with E-state index in [4.69, 9.17) is 4.74 Å². The Bertz CT molecular complexity index is 1110. The van der Waals surface area contributed by atoms with Crippen LogP contribution in [0.5, 0.6) is 0 Å². The molecular formula is C23H28F3N5O3. The number of urea groups is 1. The first-order valence-electron chi connectivity index (χ1n) is 11.1. The largest absolute Gasteiger partial charge is 0.455 e. The topological polar surface area (TPSA) is 79.7 Å². The number of halogens is 3. The minimum atomic E-state index is -4.57. The van der Waals surface area contributed by atoms with Gasteiger partial charge in [-0.05, 0) is 52.8 Å². The van der Waals surface area contributed by atoms with Crippen molar-refractivity contribution in [2.75, 3.05) is 18.0 Å². The molecule has 1 aromatic carbocycles. The summed E-state index contributed by atoms with van der Waals surface area (Å²) in [5, 5.41) is 3.34. The quantitative estimate of drug-likeness (QED) is 0.627. The van der Waals surface area contributed by atoms with E-state index in [9.17, 15) is 22.8 Å². The molecule has 2 aliphatic rings. The molecule has 1 N–H and O–H groups in total. The number of benzene rings is 1. The Labute approximate surface area is 195 Å². The van der Waals surface area contributed by atoms with Crippen LogP contribution in [0.2, 0.25) is 0 Å². The molecule has 3 heterocycles. The van der Waals surface area contributed by atoms with E-state index in [0.29, 0.717) is 24.5 Å². The maximum Gasteiger partial charge on any atom is 0.416 e. The number of anilines is 1. The van der Waals surface area contributed by atoms with E-state index in [0.717, 1.165) is 12.1 Å². The third-order valence-electron chi connectivity index (χ3n) is 5.68. The zero-order chi connectivity index (χ0) is 25.0. The molecule has 2 aliphatic heterocycles. The summed E-state index contributed by atoms with van der Waals surface area (Å²) in [5.74, 6) is -0.659. The van der Waals surface area contributed by atoms with E-state index < -0.39 is 29.3 Å². The molecule has 0 radical (unpaired) electrons. The lowest BCUT2D eigenvalue weighted by Crippen LogP contribution is -2.58. The van der Waals surface area contributed by atoms with Crippen molar-refractivity contribution in [3.05, 3.63) is 41.5 Å². The SMILES string of the molecule is C[C@@H]1CN(C(=O)N2Cc3c(C(=O)OC(C)(C)C)ncn3-c3ccc(C(F)(F)F)cc32)C[C@H](C)N1. The molecule has 2 atom stereocenters. The van der Waals surface area contributed by atoms with Crippen molar-refractivity contribution in [3.63, 3.8) is 0 Å². The number of rotatable bonds is 1. The number of ether oxygens (including phenoxy) is 1. The highest BCUT2D eigenvalue weighted by Crippen LogP contribution is 2.39. The van der Waals surface area contributed by atoms with Crippen LogP contribution in [0, 0.1) is 0 Å². The molecule has 4 rings (SSSR count). The number of piperazine rings is 1. The number of imidazole rings is 1. The molecule has 0 aliphatic carbocycles. The zero-order valence-corrected chi connectivity index (χ0v) is 19.7. The van der Waals surface area contributed by atoms with Gasteiger partial charge in [0, 0.05) is 25.2 Å². The first-order chi connectivity index (χ1) is 15.7. The van der Waals surface area contributed by atoms with Gasteiger partial charge in [0.05, 0.1) is 29.2 Å². The molecule has 11 heteroatoms. The molecule has 0 bridgehead atoms. The van der Waals surface area contributed by atoms with Crippen molar-refractivity contribution in [2.24, 2.45) is 0 Å². The van der Waals surface area contributed by atoms with Crippen molar-refractivity contribution in [3.8, 4) is 5.69 Å². The monoisotopic (exact) mass is 479 g/mol. The summed E-state index contributed by atoms with van der Waals surface area (Å²) in [7, 11) is 0. The fourth-order valence-electron chi connectivity index (χ4n) is 4.41. The van der Waals surface area contributed by atoms with Gasteiger partial charge in [0.2, 0.25) is 0 Å². The van der Waals surface area contributed by atoms with Crippen LogP contribution < -0.4 is 10.2 Å². The Morgan fingerprint density at radius 2 is 1.74 bits per heavy atom. The Hall–Kier alpha value is -3.08. The molecule has 1 aromatic heterocycles. The summed E-state index contributed by atoms with van der Waals surface area (Å²) in [6, 6.07) is 2.85. The predicted molar refractivity (Wildman–Crippen MR) is 119 cm³/mol. The Kier molecular flexibility index (Phi) is 5.87. The van der Waals surface area contributed by atoms with Crippen molar-refractivity contribution < 1.29 is 27.5 Å². The number of aromatic nitrogens is 2. The van der Waals surface area contributed by atoms with Crippen molar-refractivity contribution in [1.29, 1.82) is 0 Å². The van der Waals surface area contributed by atoms with Gasteiger partial charge in [0.15, 0.2) is 5.69 Å². The standard InChI is InChI=1S/C23H28F3N5O3/c1-13-9-29(10-14(2)28-13)21(33)30-11-18-19(20(32)34-22(3,4)5)27-12-31(18)16-7-6-15(8-17(16)30)23(24,25)26/h6-8,12-14,28H,9-11H2,1-5H3/t13-,14+. The average molecular weight is 480 g/mol. The number of alkyl halides is 3. The second-order valence-corrected chi connectivity index (χ2v) is 9.86. The van der Waals surface area contributed by atoms with Crippen LogP contribution in [0.15, 0.2) is 24.5 Å². The van der Waals surface area contributed by atoms with E-state index in [2.05, 4.69) is 10.3 Å². The van der Waals surface area contributed by atoms with Gasteiger partial charge in [-0.3, -0.25) is 9.47 Å². The third kappa shape index (κ3) is 4.61. The number of esters is 1. The molecule has 34 heavy (non-hydrogen) atoms. The summed E-state index contributed by atoms with van der Waals surface area (Å²) < 4.78 is 47.5. The van der Waals surface area contributed by atoms with Gasteiger partial charge >= 0.3 is 18.2 Å². The normalized spacial score (nSPS) is 20.6. The summed E-state index contributed by atoms with van der Waals surface area (Å²) >= 11 is 0. The first kappa shape index (κ1) is 24.1. The molecular weight excluding hydrogens is 451 g/mol. The molecule has 184 valence electrons. The first-order valence-corrected chi connectivity index (χ1v) is 11.1. The van der Waals surface area contributed by atoms with Gasteiger partial charge in [0.25, 0.3) is 0 Å². The number of carbonyl (C=O) groups is 2. The van der Waals surface area contributed by atoms with Gasteiger partial charge in [-0.1, -0.05) is 0 Å². The second-order valence-electron chi connectivity index (χ2n) is 9.86. The van der Waals surface area contributed by atoms with E-state index in [1.807, 2.05) is 13.8 Å². The third-order valence-corrected chi connectivity index (χ3v) is 5.68. The maximum atomic E-state index is 13.6. The number of fused-ring (bicyclic) bond motifs is 3. The molecule has 0 spiro atoms. The van der Waals surface area contributed by atoms with Gasteiger partial charge in [-0.15, -0.1) is 0 Å². The number of hydrogen-bond acceptors (Lipinski definition) is 5. The molecule has 0 saturated carbocycles. The number of hydrogen-bond donors (Lipinski definition) is 1. The fourth-order valence-corrected chi connectivity index (χ4v) is 4.41. The number of amides is 2. The summed E-state index contributed by atoms with van der Waals surface area (Å²) in [6.45, 7) is 9.76. The van der Waals surface area contributed by atoms with Crippen LogP contribution in [0.1, 0.15) is 56.4 Å². The van der Waals surface area contributed by atoms with E-state index in [-0.39, 0.29) is 30.0 Å². The molecule has 2 amide bonds. The average Bonchev–Trinajstić information content (AvgIpc) is 3.14. The minimum absolute atomic E-state index is 0.0281. The number of carbonyl (C=O) groups excluding carboxylic acids is 2. The lowest BCUT2D eigenvalue weighted by Gasteiger charge is -2.40. The maximum absolute atomic E-state index is 13.6. The highest BCUT2D eigenvalue weighted by molar-refractivity contribution is 5.97. The smallest absolute Gasteiger partial charge is 0.416 e. The highest BCUT2D eigenvalue weighted by atomic mass is 19.4. The van der Waals surface area contributed by atoms with Crippen LogP contribution in [0.3, 0.4) is 0 Å². The van der Waals surface area contributed by atoms with E-state index >= 15 is 0 Å². The zero-order valence-electron chi connectivity index (χ0n) is 19.7. The minimum Gasteiger partial charge on any atom is -0.455 e.